The van der Waals surface area contributed by atoms with Gasteiger partial charge in [0.15, 0.2) is 0 Å². The van der Waals surface area contributed by atoms with Gasteiger partial charge < -0.3 is 9.88 Å². The number of hydrogen-bond acceptors (Lipinski definition) is 2. The summed E-state index contributed by atoms with van der Waals surface area (Å²) in [5.41, 5.74) is 2.54. The SMILES string of the molecule is Cc1ccc(CN(C(=O)c2cc[nH]c(=O)c2)C2CC2)cc1. The van der Waals surface area contributed by atoms with Gasteiger partial charge >= 0.3 is 0 Å². The Morgan fingerprint density at radius 1 is 1.24 bits per heavy atom. The number of carbonyl (C=O) groups is 1. The van der Waals surface area contributed by atoms with Crippen molar-refractivity contribution in [2.45, 2.75) is 32.4 Å². The topological polar surface area (TPSA) is 53.2 Å². The molecule has 1 amide bonds. The number of pyridine rings is 1. The van der Waals surface area contributed by atoms with E-state index in [1.807, 2.05) is 11.8 Å². The molecule has 1 saturated carbocycles. The molecule has 1 aliphatic carbocycles. The van der Waals surface area contributed by atoms with Crippen LogP contribution in [0.4, 0.5) is 0 Å². The predicted octanol–water partition coefficient (Wildman–Crippen LogP) is 2.49. The number of aryl methyl sites for hydroxylation is 1. The lowest BCUT2D eigenvalue weighted by atomic mass is 10.1. The number of amides is 1. The molecule has 1 heterocycles. The minimum atomic E-state index is -0.244. The summed E-state index contributed by atoms with van der Waals surface area (Å²) in [6, 6.07) is 11.5. The van der Waals surface area contributed by atoms with Crippen LogP contribution in [-0.4, -0.2) is 21.8 Å². The van der Waals surface area contributed by atoms with Crippen LogP contribution < -0.4 is 5.56 Å². The second-order valence-corrected chi connectivity index (χ2v) is 5.59. The molecule has 1 fully saturated rings. The van der Waals surface area contributed by atoms with Gasteiger partial charge in [0, 0.05) is 30.4 Å². The number of carbonyl (C=O) groups excluding carboxylic acids is 1. The van der Waals surface area contributed by atoms with E-state index in [-0.39, 0.29) is 11.5 Å². The molecular formula is C17H18N2O2. The second kappa shape index (κ2) is 5.56. The molecule has 4 heteroatoms. The van der Waals surface area contributed by atoms with Crippen LogP contribution in [0, 0.1) is 6.92 Å². The molecule has 0 atom stereocenters. The predicted molar refractivity (Wildman–Crippen MR) is 81.1 cm³/mol. The van der Waals surface area contributed by atoms with Crippen molar-refractivity contribution in [1.82, 2.24) is 9.88 Å². The lowest BCUT2D eigenvalue weighted by Gasteiger charge is -2.22. The van der Waals surface area contributed by atoms with Gasteiger partial charge in [-0.25, -0.2) is 0 Å². The number of hydrogen-bond donors (Lipinski definition) is 1. The van der Waals surface area contributed by atoms with Crippen LogP contribution in [0.1, 0.15) is 34.3 Å². The number of rotatable bonds is 4. The number of nitrogens with zero attached hydrogens (tertiary/aromatic N) is 1. The van der Waals surface area contributed by atoms with Gasteiger partial charge in [0.2, 0.25) is 5.56 Å². The van der Waals surface area contributed by atoms with Crippen LogP contribution in [0.2, 0.25) is 0 Å². The zero-order valence-electron chi connectivity index (χ0n) is 12.0. The van der Waals surface area contributed by atoms with Crippen molar-refractivity contribution in [2.24, 2.45) is 0 Å². The van der Waals surface area contributed by atoms with Gasteiger partial charge in [-0.05, 0) is 31.4 Å². The Labute approximate surface area is 123 Å². The van der Waals surface area contributed by atoms with E-state index in [1.165, 1.54) is 17.8 Å². The molecule has 0 radical (unpaired) electrons. The normalized spacial score (nSPS) is 14.0. The summed E-state index contributed by atoms with van der Waals surface area (Å²) in [4.78, 5) is 28.4. The zero-order valence-corrected chi connectivity index (χ0v) is 12.0. The fraction of sp³-hybridized carbons (Fsp3) is 0.294. The van der Waals surface area contributed by atoms with Crippen LogP contribution in [0.15, 0.2) is 47.4 Å². The summed E-state index contributed by atoms with van der Waals surface area (Å²) in [6.45, 7) is 2.64. The minimum absolute atomic E-state index is 0.0656. The minimum Gasteiger partial charge on any atom is -0.331 e. The van der Waals surface area contributed by atoms with Gasteiger partial charge in [-0.2, -0.15) is 0 Å². The molecule has 0 spiro atoms. The third-order valence-electron chi connectivity index (χ3n) is 3.74. The highest BCUT2D eigenvalue weighted by Crippen LogP contribution is 2.29. The lowest BCUT2D eigenvalue weighted by Crippen LogP contribution is -2.33. The smallest absolute Gasteiger partial charge is 0.254 e. The summed E-state index contributed by atoms with van der Waals surface area (Å²) in [6.07, 6.45) is 3.61. The molecule has 0 unspecified atom stereocenters. The number of nitrogens with one attached hydrogen (secondary N) is 1. The average molecular weight is 282 g/mol. The van der Waals surface area contributed by atoms with Gasteiger partial charge in [0.05, 0.1) is 0 Å². The Morgan fingerprint density at radius 2 is 1.95 bits per heavy atom. The van der Waals surface area contributed by atoms with Crippen molar-refractivity contribution in [3.8, 4) is 0 Å². The maximum Gasteiger partial charge on any atom is 0.254 e. The molecule has 1 aromatic heterocycles. The van der Waals surface area contributed by atoms with Gasteiger partial charge in [0.1, 0.15) is 0 Å². The maximum atomic E-state index is 12.6. The summed E-state index contributed by atoms with van der Waals surface area (Å²) in [5, 5.41) is 0. The molecule has 3 rings (SSSR count). The van der Waals surface area contributed by atoms with Crippen LogP contribution in [0.3, 0.4) is 0 Å². The number of aromatic amines is 1. The Hall–Kier alpha value is -2.36. The highest BCUT2D eigenvalue weighted by atomic mass is 16.2. The summed E-state index contributed by atoms with van der Waals surface area (Å²) in [5.74, 6) is -0.0656. The quantitative estimate of drug-likeness (QED) is 0.936. The summed E-state index contributed by atoms with van der Waals surface area (Å²) < 4.78 is 0. The Morgan fingerprint density at radius 3 is 2.57 bits per heavy atom. The van der Waals surface area contributed by atoms with E-state index in [4.69, 9.17) is 0 Å². The van der Waals surface area contributed by atoms with Gasteiger partial charge in [-0.3, -0.25) is 9.59 Å². The second-order valence-electron chi connectivity index (χ2n) is 5.59. The molecule has 2 aromatic rings. The van der Waals surface area contributed by atoms with Crippen LogP contribution >= 0.6 is 0 Å². The highest BCUT2D eigenvalue weighted by molar-refractivity contribution is 5.94. The number of H-pyrrole nitrogens is 1. The third-order valence-corrected chi connectivity index (χ3v) is 3.74. The standard InChI is InChI=1S/C17H18N2O2/c1-12-2-4-13(5-3-12)11-19(15-6-7-15)17(21)14-8-9-18-16(20)10-14/h2-5,8-10,15H,6-7,11H2,1H3,(H,18,20). The molecule has 4 nitrogen and oxygen atoms in total. The zero-order chi connectivity index (χ0) is 14.8. The molecular weight excluding hydrogens is 264 g/mol. The van der Waals surface area contributed by atoms with Crippen LogP contribution in [-0.2, 0) is 6.54 Å². The largest absolute Gasteiger partial charge is 0.331 e. The van der Waals surface area contributed by atoms with Gasteiger partial charge in [-0.15, -0.1) is 0 Å². The fourth-order valence-corrected chi connectivity index (χ4v) is 2.39. The van der Waals surface area contributed by atoms with E-state index in [9.17, 15) is 9.59 Å². The van der Waals surface area contributed by atoms with Gasteiger partial charge in [-0.1, -0.05) is 29.8 Å². The van der Waals surface area contributed by atoms with E-state index in [0.29, 0.717) is 18.2 Å². The maximum absolute atomic E-state index is 12.6. The van der Waals surface area contributed by atoms with Crippen molar-refractivity contribution in [3.05, 3.63) is 69.6 Å². The first-order valence-corrected chi connectivity index (χ1v) is 7.19. The van der Waals surface area contributed by atoms with E-state index in [1.54, 1.807) is 6.07 Å². The first-order valence-electron chi connectivity index (χ1n) is 7.19. The molecule has 21 heavy (non-hydrogen) atoms. The highest BCUT2D eigenvalue weighted by Gasteiger charge is 2.33. The van der Waals surface area contributed by atoms with Crippen molar-refractivity contribution < 1.29 is 4.79 Å². The first kappa shape index (κ1) is 13.6. The Balaban J connectivity index is 1.83. The van der Waals surface area contributed by atoms with Crippen LogP contribution in [0.5, 0.6) is 0 Å². The number of aromatic nitrogens is 1. The van der Waals surface area contributed by atoms with Gasteiger partial charge in [0.25, 0.3) is 5.91 Å². The fourth-order valence-electron chi connectivity index (χ4n) is 2.39. The first-order chi connectivity index (χ1) is 10.1. The van der Waals surface area contributed by atoms with Crippen molar-refractivity contribution >= 4 is 5.91 Å². The van der Waals surface area contributed by atoms with E-state index in [2.05, 4.69) is 29.2 Å². The third kappa shape index (κ3) is 3.21. The van der Waals surface area contributed by atoms with Crippen molar-refractivity contribution in [1.29, 1.82) is 0 Å². The Kier molecular flexibility index (Phi) is 3.60. The molecule has 1 aromatic carbocycles. The number of benzene rings is 1. The molecule has 1 aliphatic rings. The monoisotopic (exact) mass is 282 g/mol. The van der Waals surface area contributed by atoms with Crippen LogP contribution in [0.25, 0.3) is 0 Å². The van der Waals surface area contributed by atoms with Crippen molar-refractivity contribution in [3.63, 3.8) is 0 Å². The Bertz CT molecular complexity index is 699. The molecule has 0 bridgehead atoms. The van der Waals surface area contributed by atoms with E-state index in [0.717, 1.165) is 18.4 Å². The molecule has 0 saturated heterocycles. The summed E-state index contributed by atoms with van der Waals surface area (Å²) >= 11 is 0. The van der Waals surface area contributed by atoms with Crippen molar-refractivity contribution in [2.75, 3.05) is 0 Å². The average Bonchev–Trinajstić information content (AvgIpc) is 3.30. The summed E-state index contributed by atoms with van der Waals surface area (Å²) in [7, 11) is 0. The lowest BCUT2D eigenvalue weighted by molar-refractivity contribution is 0.0729. The molecule has 1 N–H and O–H groups in total. The van der Waals surface area contributed by atoms with E-state index >= 15 is 0 Å². The molecule has 108 valence electrons. The molecule has 0 aliphatic heterocycles. The van der Waals surface area contributed by atoms with E-state index < -0.39 is 0 Å².